The van der Waals surface area contributed by atoms with Gasteiger partial charge in [-0.15, -0.1) is 0 Å². The Bertz CT molecular complexity index is 767. The first-order valence-corrected chi connectivity index (χ1v) is 9.45. The fraction of sp³-hybridized carbons (Fsp3) is 0.714. The summed E-state index contributed by atoms with van der Waals surface area (Å²) < 4.78 is 57.6. The average Bonchev–Trinajstić information content (AvgIpc) is 3.01. The molecule has 0 amide bonds. The molecule has 1 saturated heterocycles. The van der Waals surface area contributed by atoms with E-state index in [0.717, 1.165) is 4.57 Å². The maximum Gasteiger partial charge on any atom is 0.402 e. The molecule has 2 heterocycles. The van der Waals surface area contributed by atoms with E-state index in [1.807, 2.05) is 0 Å². The van der Waals surface area contributed by atoms with Gasteiger partial charge in [-0.2, -0.15) is 8.78 Å². The second-order valence-corrected chi connectivity index (χ2v) is 7.66. The quantitative estimate of drug-likeness (QED) is 0.727. The first-order valence-electron chi connectivity index (χ1n) is 7.90. The van der Waals surface area contributed by atoms with E-state index in [-0.39, 0.29) is 31.6 Å². The number of alkyl halides is 2. The molecule has 1 aliphatic rings. The third-order valence-corrected chi connectivity index (χ3v) is 6.02. The Balaban J connectivity index is 2.27. The van der Waals surface area contributed by atoms with Crippen LogP contribution in [0.3, 0.4) is 0 Å². The smallest absolute Gasteiger partial charge is 0.348 e. The highest BCUT2D eigenvalue weighted by atomic mass is 31.2. The number of aromatic nitrogens is 2. The van der Waals surface area contributed by atoms with Gasteiger partial charge in [0.1, 0.15) is 12.3 Å². The van der Waals surface area contributed by atoms with Crippen LogP contribution in [-0.4, -0.2) is 34.5 Å². The molecule has 25 heavy (non-hydrogen) atoms. The zero-order valence-electron chi connectivity index (χ0n) is 14.2. The molecule has 8 nitrogen and oxygen atoms in total. The predicted molar refractivity (Wildman–Crippen MR) is 85.0 cm³/mol. The number of halogens is 2. The molecular formula is C14H21F2N2O6P. The van der Waals surface area contributed by atoms with Crippen molar-refractivity contribution in [3.8, 4) is 0 Å². The number of aryl methyl sites for hydroxylation is 1. The Labute approximate surface area is 142 Å². The highest BCUT2D eigenvalue weighted by Crippen LogP contribution is 2.65. The Hall–Kier alpha value is -1.35. The third-order valence-electron chi connectivity index (χ3n) is 3.80. The maximum atomic E-state index is 14.7. The second kappa shape index (κ2) is 7.49. The van der Waals surface area contributed by atoms with Crippen molar-refractivity contribution in [3.05, 3.63) is 32.6 Å². The average molecular weight is 382 g/mol. The molecule has 0 unspecified atom stereocenters. The van der Waals surface area contributed by atoms with Crippen molar-refractivity contribution in [2.24, 2.45) is 0 Å². The van der Waals surface area contributed by atoms with Gasteiger partial charge in [0.05, 0.1) is 13.2 Å². The topological polar surface area (TPSA) is 99.6 Å². The zero-order valence-corrected chi connectivity index (χ0v) is 15.1. The van der Waals surface area contributed by atoms with E-state index >= 15 is 0 Å². The molecule has 1 aromatic rings. The second-order valence-electron chi connectivity index (χ2n) is 5.56. The largest absolute Gasteiger partial charge is 0.402 e. The Morgan fingerprint density at radius 2 is 1.92 bits per heavy atom. The lowest BCUT2D eigenvalue weighted by atomic mass is 10.2. The molecule has 2 rings (SSSR count). The van der Waals surface area contributed by atoms with Crippen LogP contribution in [0.25, 0.3) is 0 Å². The molecular weight excluding hydrogens is 361 g/mol. The van der Waals surface area contributed by atoms with E-state index in [2.05, 4.69) is 4.98 Å². The van der Waals surface area contributed by atoms with Crippen LogP contribution in [0.15, 0.2) is 15.8 Å². The van der Waals surface area contributed by atoms with Gasteiger partial charge in [0.15, 0.2) is 0 Å². The summed E-state index contributed by atoms with van der Waals surface area (Å²) in [5.74, 6) is 0. The molecule has 0 saturated carbocycles. The van der Waals surface area contributed by atoms with E-state index in [9.17, 15) is 22.9 Å². The lowest BCUT2D eigenvalue weighted by Gasteiger charge is -2.29. The fourth-order valence-corrected chi connectivity index (χ4v) is 4.25. The number of aromatic amines is 1. The van der Waals surface area contributed by atoms with Gasteiger partial charge in [-0.3, -0.25) is 18.9 Å². The predicted octanol–water partition coefficient (Wildman–Crippen LogP) is 2.38. The first kappa shape index (κ1) is 20.0. The monoisotopic (exact) mass is 382 g/mol. The lowest BCUT2D eigenvalue weighted by molar-refractivity contribution is -0.111. The van der Waals surface area contributed by atoms with Crippen molar-refractivity contribution in [3.63, 3.8) is 0 Å². The van der Waals surface area contributed by atoms with Crippen LogP contribution in [0.1, 0.15) is 38.5 Å². The van der Waals surface area contributed by atoms with E-state index in [1.54, 1.807) is 0 Å². The van der Waals surface area contributed by atoms with E-state index < -0.39 is 36.8 Å². The molecule has 0 radical (unpaired) electrons. The van der Waals surface area contributed by atoms with Gasteiger partial charge >= 0.3 is 18.9 Å². The van der Waals surface area contributed by atoms with Gasteiger partial charge in [0, 0.05) is 11.8 Å². The van der Waals surface area contributed by atoms with Gasteiger partial charge in [-0.25, -0.2) is 4.79 Å². The normalized spacial score (nSPS) is 21.6. The SMILES string of the molecule is CCOP(=O)(OCC)C(F)(F)[C@@H]1CC[C@H](n2cc(C)c(=O)[nH]c2=O)O1. The summed E-state index contributed by atoms with van der Waals surface area (Å²) in [7, 11) is -4.72. The number of H-pyrrole nitrogens is 1. The van der Waals surface area contributed by atoms with Crippen LogP contribution in [0.2, 0.25) is 0 Å². The molecule has 1 aliphatic heterocycles. The number of hydrogen-bond acceptors (Lipinski definition) is 6. The summed E-state index contributed by atoms with van der Waals surface area (Å²) in [4.78, 5) is 25.4. The van der Waals surface area contributed by atoms with Crippen LogP contribution in [-0.2, 0) is 18.3 Å². The standard InChI is InChI=1S/C14H21F2N2O6P/c1-4-22-25(21,23-5-2)14(15,16)10-6-7-11(24-10)18-8-9(3)12(19)17-13(18)20/h8,10-11H,4-7H2,1-3H3,(H,17,19,20)/t10-,11+/m0/s1. The van der Waals surface area contributed by atoms with Gasteiger partial charge in [-0.05, 0) is 33.6 Å². The molecule has 0 bridgehead atoms. The Morgan fingerprint density at radius 3 is 2.48 bits per heavy atom. The highest BCUT2D eigenvalue weighted by molar-refractivity contribution is 7.55. The van der Waals surface area contributed by atoms with E-state index in [0.29, 0.717) is 0 Å². The fourth-order valence-electron chi connectivity index (χ4n) is 2.61. The van der Waals surface area contributed by atoms with Gasteiger partial charge in [0.25, 0.3) is 5.56 Å². The maximum absolute atomic E-state index is 14.7. The minimum Gasteiger partial charge on any atom is -0.348 e. The van der Waals surface area contributed by atoms with Gasteiger partial charge in [-0.1, -0.05) is 0 Å². The molecule has 1 fully saturated rings. The number of hydrogen-bond donors (Lipinski definition) is 1. The van der Waals surface area contributed by atoms with Crippen LogP contribution >= 0.6 is 7.60 Å². The number of nitrogens with zero attached hydrogens (tertiary/aromatic N) is 1. The Kier molecular flexibility index (Phi) is 5.98. The van der Waals surface area contributed by atoms with Gasteiger partial charge in [0.2, 0.25) is 0 Å². The van der Waals surface area contributed by atoms with E-state index in [1.165, 1.54) is 27.0 Å². The molecule has 0 spiro atoms. The van der Waals surface area contributed by atoms with Crippen molar-refractivity contribution in [1.29, 1.82) is 0 Å². The number of nitrogens with one attached hydrogen (secondary N) is 1. The highest BCUT2D eigenvalue weighted by Gasteiger charge is 2.61. The molecule has 2 atom stereocenters. The molecule has 1 N–H and O–H groups in total. The summed E-state index contributed by atoms with van der Waals surface area (Å²) in [6.07, 6.45) is -1.55. The Morgan fingerprint density at radius 1 is 1.32 bits per heavy atom. The van der Waals surface area contributed by atoms with Crippen molar-refractivity contribution in [1.82, 2.24) is 9.55 Å². The van der Waals surface area contributed by atoms with Crippen molar-refractivity contribution >= 4 is 7.60 Å². The molecule has 0 aromatic carbocycles. The summed E-state index contributed by atoms with van der Waals surface area (Å²) in [5, 5.41) is 0. The van der Waals surface area contributed by atoms with Crippen LogP contribution < -0.4 is 11.2 Å². The number of ether oxygens (including phenoxy) is 1. The van der Waals surface area contributed by atoms with Crippen molar-refractivity contribution < 1.29 is 27.1 Å². The third kappa shape index (κ3) is 3.76. The summed E-state index contributed by atoms with van der Waals surface area (Å²) in [6, 6.07) is 0. The number of rotatable bonds is 7. The molecule has 0 aliphatic carbocycles. The van der Waals surface area contributed by atoms with E-state index in [4.69, 9.17) is 13.8 Å². The molecule has 142 valence electrons. The minimum atomic E-state index is -4.72. The van der Waals surface area contributed by atoms with Crippen LogP contribution in [0.4, 0.5) is 8.78 Å². The lowest BCUT2D eigenvalue weighted by Crippen LogP contribution is -2.37. The minimum absolute atomic E-state index is 0.0872. The van der Waals surface area contributed by atoms with Crippen molar-refractivity contribution in [2.45, 2.75) is 51.6 Å². The summed E-state index contributed by atoms with van der Waals surface area (Å²) >= 11 is 0. The first-order chi connectivity index (χ1) is 11.7. The van der Waals surface area contributed by atoms with Crippen LogP contribution in [0, 0.1) is 6.92 Å². The van der Waals surface area contributed by atoms with Crippen molar-refractivity contribution in [2.75, 3.05) is 13.2 Å². The summed E-state index contributed by atoms with van der Waals surface area (Å²) in [6.45, 7) is 3.93. The summed E-state index contributed by atoms with van der Waals surface area (Å²) in [5.41, 5.74) is -4.94. The molecule has 11 heteroatoms. The molecule has 1 aromatic heterocycles. The van der Waals surface area contributed by atoms with Crippen LogP contribution in [0.5, 0.6) is 0 Å². The zero-order chi connectivity index (χ0) is 18.8. The van der Waals surface area contributed by atoms with Gasteiger partial charge < -0.3 is 13.8 Å².